The molecule has 0 aliphatic heterocycles. The minimum Gasteiger partial charge on any atom is -0.394 e. The first kappa shape index (κ1) is 34.2. The number of rotatable bonds is 15. The number of azo groups is 1. The van der Waals surface area contributed by atoms with Gasteiger partial charge in [-0.15, -0.1) is 0 Å². The van der Waals surface area contributed by atoms with Crippen LogP contribution in [0, 0.1) is 6.92 Å². The topological polar surface area (TPSA) is 78.9 Å². The molecule has 0 heterocycles. The van der Waals surface area contributed by atoms with Gasteiger partial charge < -0.3 is 24.2 Å². The van der Waals surface area contributed by atoms with Gasteiger partial charge in [-0.25, -0.2) is 4.58 Å². The van der Waals surface area contributed by atoms with Crippen LogP contribution in [0.15, 0.2) is 41.2 Å². The number of benzene rings is 1. The number of thioether (sulfide) groups is 1. The van der Waals surface area contributed by atoms with Crippen molar-refractivity contribution in [2.45, 2.75) is 60.2 Å². The second-order valence-corrected chi connectivity index (χ2v) is 9.12. The first-order valence-electron chi connectivity index (χ1n) is 12.7. The van der Waals surface area contributed by atoms with Gasteiger partial charge in [0.25, 0.3) is 0 Å². The molecule has 1 N–H and O–H groups in total. The Balaban J connectivity index is 0.00000387. The minimum atomic E-state index is -0.0411. The van der Waals surface area contributed by atoms with Crippen molar-refractivity contribution in [2.24, 2.45) is 10.2 Å². The summed E-state index contributed by atoms with van der Waals surface area (Å²) in [6, 6.07) is 6.13. The Labute approximate surface area is 223 Å². The molecule has 9 heteroatoms. The lowest BCUT2D eigenvalue weighted by Crippen LogP contribution is -2.38. The maximum atomic E-state index is 9.08. The monoisotopic (exact) mass is 525 g/mol. The predicted molar refractivity (Wildman–Crippen MR) is 153 cm³/mol. The molecule has 36 heavy (non-hydrogen) atoms. The van der Waals surface area contributed by atoms with Crippen LogP contribution in [-0.4, -0.2) is 86.5 Å². The average Bonchev–Trinajstić information content (AvgIpc) is 2.86. The molecule has 1 aromatic rings. The highest BCUT2D eigenvalue weighted by molar-refractivity contribution is 8.13. The van der Waals surface area contributed by atoms with Crippen LogP contribution in [0.1, 0.15) is 46.6 Å². The lowest BCUT2D eigenvalue weighted by atomic mass is 10.1. The van der Waals surface area contributed by atoms with Gasteiger partial charge in [-0.3, -0.25) is 0 Å². The third kappa shape index (κ3) is 14.7. The number of aryl methyl sites for hydroxylation is 1. The molecule has 1 rings (SSSR count). The quantitative estimate of drug-likeness (QED) is 0.105. The van der Waals surface area contributed by atoms with Crippen LogP contribution in [0.4, 0.5) is 11.4 Å². The predicted octanol–water partition coefficient (Wildman–Crippen LogP) is 5.65. The molecule has 8 nitrogen and oxygen atoms in total. The SMILES string of the molecule is C=C[N+](C)=C(N=Nc1ccc(N(CC(C)OCCO)CC(C)OCCOCC)cc1C)SC.CCC. The van der Waals surface area contributed by atoms with E-state index in [0.717, 1.165) is 22.1 Å². The molecule has 0 saturated heterocycles. The van der Waals surface area contributed by atoms with Gasteiger partial charge in [0, 0.05) is 25.4 Å². The van der Waals surface area contributed by atoms with Gasteiger partial charge in [-0.2, -0.15) is 0 Å². The minimum absolute atomic E-state index is 0.0101. The molecular formula is C27H49N4O4S+. The van der Waals surface area contributed by atoms with E-state index in [1.54, 1.807) is 6.20 Å². The van der Waals surface area contributed by atoms with Gasteiger partial charge in [0.2, 0.25) is 0 Å². The second-order valence-electron chi connectivity index (χ2n) is 8.35. The Kier molecular flexibility index (Phi) is 20.3. The highest BCUT2D eigenvalue weighted by Crippen LogP contribution is 2.26. The van der Waals surface area contributed by atoms with Crippen molar-refractivity contribution < 1.29 is 23.9 Å². The normalized spacial score (nSPS) is 13.6. The molecule has 0 bridgehead atoms. The average molecular weight is 526 g/mol. The van der Waals surface area contributed by atoms with Crippen LogP contribution >= 0.6 is 11.8 Å². The van der Waals surface area contributed by atoms with Crippen molar-refractivity contribution in [1.29, 1.82) is 0 Å². The van der Waals surface area contributed by atoms with Gasteiger partial charge in [0.1, 0.15) is 5.69 Å². The van der Waals surface area contributed by atoms with Gasteiger partial charge in [-0.1, -0.05) is 26.8 Å². The summed E-state index contributed by atoms with van der Waals surface area (Å²) in [5.41, 5.74) is 2.90. The van der Waals surface area contributed by atoms with E-state index in [1.807, 2.05) is 50.8 Å². The van der Waals surface area contributed by atoms with Gasteiger partial charge >= 0.3 is 5.17 Å². The first-order chi connectivity index (χ1) is 17.3. The summed E-state index contributed by atoms with van der Waals surface area (Å²) in [6.45, 7) is 19.6. The summed E-state index contributed by atoms with van der Waals surface area (Å²) in [7, 11) is 1.89. The van der Waals surface area contributed by atoms with E-state index in [0.29, 0.717) is 39.5 Å². The van der Waals surface area contributed by atoms with Crippen LogP contribution < -0.4 is 4.90 Å². The highest BCUT2D eigenvalue weighted by Gasteiger charge is 2.17. The van der Waals surface area contributed by atoms with E-state index in [-0.39, 0.29) is 18.8 Å². The van der Waals surface area contributed by atoms with E-state index in [4.69, 9.17) is 19.3 Å². The maximum absolute atomic E-state index is 9.08. The third-order valence-corrected chi connectivity index (χ3v) is 5.56. The largest absolute Gasteiger partial charge is 0.394 e. The number of nitrogens with zero attached hydrogens (tertiary/aromatic N) is 4. The summed E-state index contributed by atoms with van der Waals surface area (Å²) in [5, 5.41) is 18.6. The molecule has 0 aromatic heterocycles. The van der Waals surface area contributed by atoms with Crippen molar-refractivity contribution in [3.63, 3.8) is 0 Å². The molecular weight excluding hydrogens is 476 g/mol. The standard InChI is InChI=1S/C24H41N4O4S.C3H8/c1-8-27(6)24(33-7)26-25-23-11-10-22(16-19(23)3)28(17-20(4)31-13-12-29)18-21(5)32-15-14-30-9-2;1-3-2/h8,10-11,16,20-21,29H,1,9,12-15,17-18H2,2-7H3;3H2,1-2H3/q+1;. The van der Waals surface area contributed by atoms with Crippen LogP contribution in [-0.2, 0) is 14.2 Å². The van der Waals surface area contributed by atoms with E-state index in [2.05, 4.69) is 48.5 Å². The molecule has 0 saturated carbocycles. The zero-order valence-corrected chi connectivity index (χ0v) is 24.5. The number of amidine groups is 1. The fraction of sp³-hybridized carbons (Fsp3) is 0.667. The summed E-state index contributed by atoms with van der Waals surface area (Å²) in [4.78, 5) is 2.24. The Morgan fingerprint density at radius 2 is 1.75 bits per heavy atom. The van der Waals surface area contributed by atoms with Gasteiger partial charge in [-0.05, 0) is 74.6 Å². The first-order valence-corrected chi connectivity index (χ1v) is 14.0. The number of ether oxygens (including phenoxy) is 3. The number of anilines is 1. The lowest BCUT2D eigenvalue weighted by molar-refractivity contribution is -0.419. The molecule has 2 unspecified atom stereocenters. The van der Waals surface area contributed by atoms with Crippen molar-refractivity contribution in [3.8, 4) is 0 Å². The molecule has 0 aliphatic carbocycles. The van der Waals surface area contributed by atoms with Crippen LogP contribution in [0.2, 0.25) is 0 Å². The number of aliphatic hydroxyl groups is 1. The molecule has 0 fully saturated rings. The number of hydrogen-bond acceptors (Lipinski definition) is 7. The zero-order valence-electron chi connectivity index (χ0n) is 23.7. The zero-order chi connectivity index (χ0) is 27.3. The Bertz CT molecular complexity index is 789. The van der Waals surface area contributed by atoms with Crippen molar-refractivity contribution >= 4 is 28.3 Å². The smallest absolute Gasteiger partial charge is 0.385 e. The maximum Gasteiger partial charge on any atom is 0.385 e. The van der Waals surface area contributed by atoms with E-state index in [9.17, 15) is 0 Å². The summed E-state index contributed by atoms with van der Waals surface area (Å²) in [5.74, 6) is 0. The van der Waals surface area contributed by atoms with Gasteiger partial charge in [0.05, 0.1) is 57.0 Å². The summed E-state index contributed by atoms with van der Waals surface area (Å²) < 4.78 is 18.8. The highest BCUT2D eigenvalue weighted by atomic mass is 32.2. The van der Waals surface area contributed by atoms with E-state index >= 15 is 0 Å². The summed E-state index contributed by atoms with van der Waals surface area (Å²) in [6.07, 6.45) is 4.89. The van der Waals surface area contributed by atoms with Crippen molar-refractivity contribution in [1.82, 2.24) is 0 Å². The van der Waals surface area contributed by atoms with Gasteiger partial charge in [0.15, 0.2) is 0 Å². The Hall–Kier alpha value is -1.78. The fourth-order valence-corrected chi connectivity index (χ4v) is 3.58. The van der Waals surface area contributed by atoms with Crippen molar-refractivity contribution in [3.05, 3.63) is 36.5 Å². The second kappa shape index (κ2) is 21.3. The third-order valence-electron chi connectivity index (χ3n) is 4.83. The van der Waals surface area contributed by atoms with Crippen LogP contribution in [0.3, 0.4) is 0 Å². The molecule has 0 spiro atoms. The molecule has 0 radical (unpaired) electrons. The molecule has 1 aromatic carbocycles. The molecule has 0 aliphatic rings. The fourth-order valence-electron chi connectivity index (χ4n) is 3.10. The molecule has 0 amide bonds. The molecule has 206 valence electrons. The molecule has 2 atom stereocenters. The lowest BCUT2D eigenvalue weighted by Gasteiger charge is -2.30. The van der Waals surface area contributed by atoms with Crippen LogP contribution in [0.5, 0.6) is 0 Å². The van der Waals surface area contributed by atoms with Crippen LogP contribution in [0.25, 0.3) is 0 Å². The summed E-state index contributed by atoms with van der Waals surface area (Å²) >= 11 is 1.51. The number of hydrogen-bond donors (Lipinski definition) is 1. The Morgan fingerprint density at radius 1 is 1.14 bits per heavy atom. The Morgan fingerprint density at radius 3 is 2.25 bits per heavy atom. The van der Waals surface area contributed by atoms with E-state index < -0.39 is 0 Å². The number of aliphatic hydroxyl groups excluding tert-OH is 1. The van der Waals surface area contributed by atoms with E-state index in [1.165, 1.54) is 18.2 Å². The van der Waals surface area contributed by atoms with Crippen molar-refractivity contribution in [2.75, 3.05) is 64.3 Å².